The van der Waals surface area contributed by atoms with Crippen LogP contribution in [0.2, 0.25) is 0 Å². The van der Waals surface area contributed by atoms with E-state index in [0.29, 0.717) is 12.8 Å². The van der Waals surface area contributed by atoms with Crippen molar-refractivity contribution in [3.63, 3.8) is 0 Å². The molecule has 15 nitrogen and oxygen atoms in total. The van der Waals surface area contributed by atoms with Crippen molar-refractivity contribution in [1.29, 1.82) is 0 Å². The number of hydrogen-bond acceptors (Lipinski definition) is 15. The summed E-state index contributed by atoms with van der Waals surface area (Å²) in [5.74, 6) is -0.905. The summed E-state index contributed by atoms with van der Waals surface area (Å²) in [7, 11) is 0. The van der Waals surface area contributed by atoms with Gasteiger partial charge < -0.3 is 64.2 Å². The number of ether oxygens (including phenoxy) is 6. The number of rotatable bonds is 47. The van der Waals surface area contributed by atoms with Crippen molar-refractivity contribution in [2.24, 2.45) is 0 Å². The minimum Gasteiger partial charge on any atom is -0.462 e. The standard InChI is InChI=1S/C56H106O15/c1-3-5-7-9-11-13-15-17-18-19-20-21-22-23-24-25-27-28-30-32-34-36-38-47(58)66-41-44(69-48(59)39-37-35-33-31-29-26-16-14-12-10-8-6-4-2)42-67-55-54(65)52(63)50(61)46(71-55)43-68-56-53(64)51(62)49(60)45(40-57)70-56/h44-46,49-57,60-65H,3-43H2,1-2H3/t44-,45+,46+,49-,50-,51?,52?,53?,54?,55+,56+/m0/s1. The van der Waals surface area contributed by atoms with Crippen LogP contribution in [-0.2, 0) is 38.0 Å². The van der Waals surface area contributed by atoms with Crippen LogP contribution in [-0.4, -0.2) is 142 Å². The van der Waals surface area contributed by atoms with Crippen molar-refractivity contribution >= 4 is 11.9 Å². The van der Waals surface area contributed by atoms with E-state index in [1.807, 2.05) is 0 Å². The van der Waals surface area contributed by atoms with Gasteiger partial charge in [0.2, 0.25) is 0 Å². The molecule has 0 spiro atoms. The molecule has 7 N–H and O–H groups in total. The topological polar surface area (TPSA) is 231 Å². The summed E-state index contributed by atoms with van der Waals surface area (Å²) < 4.78 is 33.7. The zero-order valence-corrected chi connectivity index (χ0v) is 44.7. The number of carbonyl (C=O) groups excluding carboxylic acids is 2. The largest absolute Gasteiger partial charge is 0.462 e. The van der Waals surface area contributed by atoms with E-state index in [-0.39, 0.29) is 26.1 Å². The fourth-order valence-electron chi connectivity index (χ4n) is 9.57. The predicted octanol–water partition coefficient (Wildman–Crippen LogP) is 9.56. The van der Waals surface area contributed by atoms with Gasteiger partial charge in [0.15, 0.2) is 18.7 Å². The lowest BCUT2D eigenvalue weighted by molar-refractivity contribution is -0.332. The summed E-state index contributed by atoms with van der Waals surface area (Å²) in [6.45, 7) is 2.65. The van der Waals surface area contributed by atoms with Gasteiger partial charge in [-0.25, -0.2) is 0 Å². The Labute approximate surface area is 429 Å². The quantitative estimate of drug-likeness (QED) is 0.0222. The Morgan fingerprint density at radius 2 is 0.718 bits per heavy atom. The minimum absolute atomic E-state index is 0.173. The lowest BCUT2D eigenvalue weighted by Crippen LogP contribution is -2.61. The van der Waals surface area contributed by atoms with Crippen LogP contribution in [0.25, 0.3) is 0 Å². The summed E-state index contributed by atoms with van der Waals surface area (Å²) in [5.41, 5.74) is 0. The molecule has 2 rings (SSSR count). The molecule has 0 amide bonds. The van der Waals surface area contributed by atoms with Crippen molar-refractivity contribution in [2.45, 2.75) is 319 Å². The minimum atomic E-state index is -1.76. The lowest BCUT2D eigenvalue weighted by Gasteiger charge is -2.42. The fraction of sp³-hybridized carbons (Fsp3) is 0.964. The molecule has 0 aromatic rings. The molecular weight excluding hydrogens is 913 g/mol. The molecule has 0 aromatic carbocycles. The molecule has 0 saturated carbocycles. The van der Waals surface area contributed by atoms with Crippen LogP contribution >= 0.6 is 0 Å². The first-order valence-electron chi connectivity index (χ1n) is 29.1. The zero-order chi connectivity index (χ0) is 51.7. The van der Waals surface area contributed by atoms with Crippen molar-refractivity contribution in [1.82, 2.24) is 0 Å². The summed E-state index contributed by atoms with van der Waals surface area (Å²) in [4.78, 5) is 25.8. The smallest absolute Gasteiger partial charge is 0.306 e. The molecule has 420 valence electrons. The summed E-state index contributed by atoms with van der Waals surface area (Å²) in [6, 6.07) is 0. The summed E-state index contributed by atoms with van der Waals surface area (Å²) in [6.07, 6.45) is 27.0. The molecule has 71 heavy (non-hydrogen) atoms. The zero-order valence-electron chi connectivity index (χ0n) is 44.7. The molecule has 11 atom stereocenters. The van der Waals surface area contributed by atoms with Gasteiger partial charge in [0.05, 0.1) is 19.8 Å². The third-order valence-corrected chi connectivity index (χ3v) is 14.3. The van der Waals surface area contributed by atoms with Crippen molar-refractivity contribution in [3.05, 3.63) is 0 Å². The molecule has 0 radical (unpaired) electrons. The molecule has 2 aliphatic heterocycles. The highest BCUT2D eigenvalue weighted by atomic mass is 16.7. The number of esters is 2. The van der Waals surface area contributed by atoms with E-state index in [0.717, 1.165) is 38.5 Å². The van der Waals surface area contributed by atoms with Gasteiger partial charge in [-0.05, 0) is 12.8 Å². The first-order chi connectivity index (χ1) is 34.5. The number of aliphatic hydroxyl groups excluding tert-OH is 7. The average molecular weight is 1020 g/mol. The molecular formula is C56H106O15. The van der Waals surface area contributed by atoms with Crippen LogP contribution in [0.3, 0.4) is 0 Å². The van der Waals surface area contributed by atoms with Crippen molar-refractivity contribution < 1.29 is 73.8 Å². The third-order valence-electron chi connectivity index (χ3n) is 14.3. The second-order valence-corrected chi connectivity index (χ2v) is 20.8. The summed E-state index contributed by atoms with van der Waals surface area (Å²) in [5, 5.41) is 72.2. The van der Waals surface area contributed by atoms with Gasteiger partial charge >= 0.3 is 11.9 Å². The Bertz CT molecular complexity index is 1240. The van der Waals surface area contributed by atoms with Gasteiger partial charge in [-0.1, -0.05) is 226 Å². The van der Waals surface area contributed by atoms with Crippen molar-refractivity contribution in [2.75, 3.05) is 26.4 Å². The maximum Gasteiger partial charge on any atom is 0.306 e. The Morgan fingerprint density at radius 1 is 0.394 bits per heavy atom. The number of unbranched alkanes of at least 4 members (excludes halogenated alkanes) is 33. The maximum atomic E-state index is 13.0. The van der Waals surface area contributed by atoms with E-state index in [1.165, 1.54) is 173 Å². The molecule has 2 fully saturated rings. The highest BCUT2D eigenvalue weighted by Gasteiger charge is 2.47. The number of carbonyl (C=O) groups is 2. The second kappa shape index (κ2) is 43.7. The van der Waals surface area contributed by atoms with E-state index in [2.05, 4.69) is 13.8 Å². The Morgan fingerprint density at radius 3 is 1.10 bits per heavy atom. The molecule has 2 heterocycles. The SMILES string of the molecule is CCCCCCCCCCCCCCCCCCCCCCCCC(=O)OC[C@@H](CO[C@@H]1O[C@H](CO[C@@H]2O[C@H](CO)[C@H](O)C(O)C2O)[C@H](O)C(O)C1O)OC(=O)CCCCCCCCCCCCCCC. The van der Waals surface area contributed by atoms with E-state index < -0.39 is 92.7 Å². The Kier molecular flexibility index (Phi) is 40.4. The molecule has 2 aliphatic rings. The van der Waals surface area contributed by atoms with Gasteiger partial charge in [0, 0.05) is 12.8 Å². The van der Waals surface area contributed by atoms with Crippen LogP contribution < -0.4 is 0 Å². The number of aliphatic hydroxyl groups is 7. The maximum absolute atomic E-state index is 13.0. The van der Waals surface area contributed by atoms with Gasteiger partial charge in [-0.15, -0.1) is 0 Å². The lowest BCUT2D eigenvalue weighted by atomic mass is 9.98. The monoisotopic (exact) mass is 1020 g/mol. The highest BCUT2D eigenvalue weighted by Crippen LogP contribution is 2.27. The second-order valence-electron chi connectivity index (χ2n) is 20.8. The van der Waals surface area contributed by atoms with Crippen molar-refractivity contribution in [3.8, 4) is 0 Å². The van der Waals surface area contributed by atoms with E-state index in [9.17, 15) is 45.3 Å². The van der Waals surface area contributed by atoms with E-state index >= 15 is 0 Å². The Balaban J connectivity index is 1.71. The Hall–Kier alpha value is -1.50. The molecule has 0 bridgehead atoms. The van der Waals surface area contributed by atoms with Crippen LogP contribution in [0.5, 0.6) is 0 Å². The molecule has 4 unspecified atom stereocenters. The molecule has 0 aliphatic carbocycles. The van der Waals surface area contributed by atoms with Crippen LogP contribution in [0.1, 0.15) is 251 Å². The van der Waals surface area contributed by atoms with Crippen LogP contribution in [0.15, 0.2) is 0 Å². The first kappa shape index (κ1) is 65.6. The van der Waals surface area contributed by atoms with E-state index in [4.69, 9.17) is 28.4 Å². The molecule has 0 aromatic heterocycles. The van der Waals surface area contributed by atoms with Gasteiger partial charge in [0.25, 0.3) is 0 Å². The molecule has 2 saturated heterocycles. The molecule has 15 heteroatoms. The van der Waals surface area contributed by atoms with Crippen LogP contribution in [0.4, 0.5) is 0 Å². The average Bonchev–Trinajstić information content (AvgIpc) is 3.36. The fourth-order valence-corrected chi connectivity index (χ4v) is 9.57. The van der Waals surface area contributed by atoms with Gasteiger partial charge in [-0.3, -0.25) is 9.59 Å². The summed E-state index contributed by atoms with van der Waals surface area (Å²) >= 11 is 0. The van der Waals surface area contributed by atoms with Gasteiger partial charge in [-0.2, -0.15) is 0 Å². The third kappa shape index (κ3) is 31.2. The highest BCUT2D eigenvalue weighted by molar-refractivity contribution is 5.70. The van der Waals surface area contributed by atoms with Crippen LogP contribution in [0, 0.1) is 0 Å². The van der Waals surface area contributed by atoms with E-state index in [1.54, 1.807) is 0 Å². The first-order valence-corrected chi connectivity index (χ1v) is 29.1. The van der Waals surface area contributed by atoms with Gasteiger partial charge in [0.1, 0.15) is 55.4 Å². The normalized spacial score (nSPS) is 25.1. The number of hydrogen-bond donors (Lipinski definition) is 7. The predicted molar refractivity (Wildman–Crippen MR) is 275 cm³/mol.